The van der Waals surface area contributed by atoms with E-state index in [-0.39, 0.29) is 39.8 Å². The summed E-state index contributed by atoms with van der Waals surface area (Å²) in [6, 6.07) is 4.12. The Morgan fingerprint density at radius 1 is 1.30 bits per heavy atom. The van der Waals surface area contributed by atoms with E-state index in [2.05, 4.69) is 15.1 Å². The van der Waals surface area contributed by atoms with Crippen LogP contribution < -0.4 is 0 Å². The van der Waals surface area contributed by atoms with Crippen LogP contribution in [0.3, 0.4) is 0 Å². The standard InChI is InChI=1S/C20H19ClF3N5O/c1-10-3-4-28(19(30)12-5-11(2)17(22)14(21)6-12)8-13(10)16-7-15(18(23)24)27-20-25-9-26-29(16)20/h5-7,9-10,13,18H,3-4,8H2,1-2H3/t10?,13-/m1/s1. The number of halogens is 4. The van der Waals surface area contributed by atoms with Gasteiger partial charge in [-0.15, -0.1) is 0 Å². The molecule has 0 spiro atoms. The van der Waals surface area contributed by atoms with E-state index in [1.54, 1.807) is 11.8 Å². The molecule has 0 radical (unpaired) electrons. The molecule has 0 saturated carbocycles. The molecule has 2 atom stereocenters. The normalized spacial score (nSPS) is 19.6. The Morgan fingerprint density at radius 3 is 2.77 bits per heavy atom. The van der Waals surface area contributed by atoms with Gasteiger partial charge in [-0.1, -0.05) is 18.5 Å². The van der Waals surface area contributed by atoms with E-state index in [0.29, 0.717) is 30.8 Å². The first-order valence-electron chi connectivity index (χ1n) is 9.50. The van der Waals surface area contributed by atoms with E-state index in [9.17, 15) is 18.0 Å². The predicted molar refractivity (Wildman–Crippen MR) is 104 cm³/mol. The van der Waals surface area contributed by atoms with Gasteiger partial charge in [-0.3, -0.25) is 4.79 Å². The highest BCUT2D eigenvalue weighted by Crippen LogP contribution is 2.34. The van der Waals surface area contributed by atoms with Gasteiger partial charge >= 0.3 is 0 Å². The third-order valence-electron chi connectivity index (χ3n) is 5.61. The number of aromatic nitrogens is 4. The molecule has 1 aliphatic rings. The van der Waals surface area contributed by atoms with Gasteiger partial charge in [0.05, 0.1) is 10.7 Å². The maximum Gasteiger partial charge on any atom is 0.280 e. The first-order valence-corrected chi connectivity index (χ1v) is 9.87. The monoisotopic (exact) mass is 437 g/mol. The SMILES string of the molecule is Cc1cc(C(=O)N2CCC(C)[C@H](c3cc(C(F)F)nc4ncnn34)C2)cc(Cl)c1F. The minimum Gasteiger partial charge on any atom is -0.338 e. The van der Waals surface area contributed by atoms with E-state index in [1.165, 1.54) is 29.0 Å². The Balaban J connectivity index is 1.69. The van der Waals surface area contributed by atoms with E-state index < -0.39 is 12.2 Å². The number of hydrogen-bond donors (Lipinski definition) is 0. The molecule has 1 saturated heterocycles. The fraction of sp³-hybridized carbons (Fsp3) is 0.400. The Morgan fingerprint density at radius 2 is 2.07 bits per heavy atom. The van der Waals surface area contributed by atoms with Crippen molar-refractivity contribution < 1.29 is 18.0 Å². The fourth-order valence-electron chi connectivity index (χ4n) is 3.90. The van der Waals surface area contributed by atoms with Gasteiger partial charge in [0.25, 0.3) is 18.1 Å². The van der Waals surface area contributed by atoms with Gasteiger partial charge in [-0.2, -0.15) is 10.1 Å². The third-order valence-corrected chi connectivity index (χ3v) is 5.88. The Kier molecular flexibility index (Phi) is 5.40. The summed E-state index contributed by atoms with van der Waals surface area (Å²) in [6.07, 6.45) is -0.806. The van der Waals surface area contributed by atoms with Crippen molar-refractivity contribution in [2.24, 2.45) is 5.92 Å². The maximum absolute atomic E-state index is 13.8. The topological polar surface area (TPSA) is 63.4 Å². The lowest BCUT2D eigenvalue weighted by Crippen LogP contribution is -2.42. The number of benzene rings is 1. The molecule has 3 heterocycles. The van der Waals surface area contributed by atoms with Crippen molar-refractivity contribution in [3.8, 4) is 0 Å². The molecular weight excluding hydrogens is 419 g/mol. The zero-order valence-electron chi connectivity index (χ0n) is 16.3. The molecule has 4 rings (SSSR count). The molecule has 1 amide bonds. The minimum atomic E-state index is -2.74. The number of rotatable bonds is 3. The summed E-state index contributed by atoms with van der Waals surface area (Å²) in [5.41, 5.74) is 0.738. The lowest BCUT2D eigenvalue weighted by atomic mass is 9.84. The third kappa shape index (κ3) is 3.62. The van der Waals surface area contributed by atoms with Gasteiger partial charge in [0.15, 0.2) is 0 Å². The molecule has 1 unspecified atom stereocenters. The average molecular weight is 438 g/mol. The van der Waals surface area contributed by atoms with Crippen LogP contribution in [0.1, 0.15) is 53.0 Å². The molecule has 0 N–H and O–H groups in total. The molecule has 1 aliphatic heterocycles. The molecule has 0 bridgehead atoms. The van der Waals surface area contributed by atoms with Crippen LogP contribution in [-0.4, -0.2) is 43.5 Å². The summed E-state index contributed by atoms with van der Waals surface area (Å²) in [6.45, 7) is 4.35. The second-order valence-electron chi connectivity index (χ2n) is 7.59. The van der Waals surface area contributed by atoms with Gasteiger partial charge in [-0.25, -0.2) is 22.7 Å². The van der Waals surface area contributed by atoms with Crippen molar-refractivity contribution >= 4 is 23.3 Å². The zero-order valence-corrected chi connectivity index (χ0v) is 17.1. The highest BCUT2D eigenvalue weighted by Gasteiger charge is 2.33. The van der Waals surface area contributed by atoms with Crippen LogP contribution in [0.2, 0.25) is 5.02 Å². The molecule has 0 aliphatic carbocycles. The first-order chi connectivity index (χ1) is 14.3. The van der Waals surface area contributed by atoms with Crippen LogP contribution in [0.4, 0.5) is 13.2 Å². The van der Waals surface area contributed by atoms with Crippen LogP contribution >= 0.6 is 11.6 Å². The second-order valence-corrected chi connectivity index (χ2v) is 8.00. The lowest BCUT2D eigenvalue weighted by molar-refractivity contribution is 0.0665. The van der Waals surface area contributed by atoms with Crippen molar-refractivity contribution in [2.75, 3.05) is 13.1 Å². The molecule has 6 nitrogen and oxygen atoms in total. The van der Waals surface area contributed by atoms with Gasteiger partial charge in [-0.05, 0) is 43.0 Å². The van der Waals surface area contributed by atoms with Gasteiger partial charge in [0.1, 0.15) is 17.8 Å². The van der Waals surface area contributed by atoms with Crippen molar-refractivity contribution in [3.05, 3.63) is 57.9 Å². The van der Waals surface area contributed by atoms with Gasteiger partial charge in [0.2, 0.25) is 0 Å². The number of nitrogens with zero attached hydrogens (tertiary/aromatic N) is 5. The number of hydrogen-bond acceptors (Lipinski definition) is 4. The number of piperidine rings is 1. The molecule has 1 fully saturated rings. The van der Waals surface area contributed by atoms with Crippen molar-refractivity contribution in [3.63, 3.8) is 0 Å². The molecule has 30 heavy (non-hydrogen) atoms. The van der Waals surface area contributed by atoms with E-state index in [1.807, 2.05) is 6.92 Å². The summed E-state index contributed by atoms with van der Waals surface area (Å²) in [5.74, 6) is -0.866. The fourth-order valence-corrected chi connectivity index (χ4v) is 4.17. The smallest absolute Gasteiger partial charge is 0.280 e. The molecule has 3 aromatic rings. The average Bonchev–Trinajstić information content (AvgIpc) is 3.19. The summed E-state index contributed by atoms with van der Waals surface area (Å²) < 4.78 is 42.0. The van der Waals surface area contributed by atoms with E-state index in [4.69, 9.17) is 11.6 Å². The zero-order chi connectivity index (χ0) is 21.6. The predicted octanol–water partition coefficient (Wildman–Crippen LogP) is 4.43. The highest BCUT2D eigenvalue weighted by atomic mass is 35.5. The molecule has 2 aromatic heterocycles. The quantitative estimate of drug-likeness (QED) is 0.608. The van der Waals surface area contributed by atoms with Crippen LogP contribution in [0.5, 0.6) is 0 Å². The van der Waals surface area contributed by atoms with Crippen molar-refractivity contribution in [2.45, 2.75) is 32.6 Å². The number of carbonyl (C=O) groups excluding carboxylic acids is 1. The minimum absolute atomic E-state index is 0.0967. The lowest BCUT2D eigenvalue weighted by Gasteiger charge is -2.37. The van der Waals surface area contributed by atoms with Gasteiger partial charge < -0.3 is 4.90 Å². The van der Waals surface area contributed by atoms with Crippen LogP contribution in [0, 0.1) is 18.7 Å². The van der Waals surface area contributed by atoms with Crippen LogP contribution in [0.15, 0.2) is 24.5 Å². The van der Waals surface area contributed by atoms with E-state index >= 15 is 0 Å². The second kappa shape index (κ2) is 7.86. The molecular formula is C20H19ClF3N5O. The summed E-state index contributed by atoms with van der Waals surface area (Å²) in [5, 5.41) is 4.01. The Bertz CT molecular complexity index is 1100. The number of fused-ring (bicyclic) bond motifs is 1. The van der Waals surface area contributed by atoms with Crippen molar-refractivity contribution in [1.82, 2.24) is 24.5 Å². The maximum atomic E-state index is 13.8. The molecule has 1 aromatic carbocycles. The number of aryl methyl sites for hydroxylation is 1. The van der Waals surface area contributed by atoms with Crippen molar-refractivity contribution in [1.29, 1.82) is 0 Å². The summed E-state index contributed by atoms with van der Waals surface area (Å²) >= 11 is 5.91. The Labute approximate surface area is 175 Å². The molecule has 10 heteroatoms. The molecule has 158 valence electrons. The number of amides is 1. The number of likely N-dealkylation sites (tertiary alicyclic amines) is 1. The summed E-state index contributed by atoms with van der Waals surface area (Å²) in [4.78, 5) is 22.5. The van der Waals surface area contributed by atoms with Crippen LogP contribution in [-0.2, 0) is 0 Å². The Hall–Kier alpha value is -2.68. The van der Waals surface area contributed by atoms with Crippen LogP contribution in [0.25, 0.3) is 5.78 Å². The number of carbonyl (C=O) groups is 1. The largest absolute Gasteiger partial charge is 0.338 e. The summed E-state index contributed by atoms with van der Waals surface area (Å²) in [7, 11) is 0. The number of alkyl halides is 2. The van der Waals surface area contributed by atoms with Gasteiger partial charge in [0, 0.05) is 24.6 Å². The first kappa shape index (κ1) is 20.6. The van der Waals surface area contributed by atoms with E-state index in [0.717, 1.165) is 0 Å². The highest BCUT2D eigenvalue weighted by molar-refractivity contribution is 6.31.